The maximum atomic E-state index is 6.46. The van der Waals surface area contributed by atoms with E-state index < -0.39 is 0 Å². The third-order valence-electron chi connectivity index (χ3n) is 5.90. The molecule has 2 aromatic heterocycles. The van der Waals surface area contributed by atoms with Crippen molar-refractivity contribution in [1.82, 2.24) is 0 Å². The molecule has 7 aromatic rings. The lowest BCUT2D eigenvalue weighted by Crippen LogP contribution is -1.78. The Morgan fingerprint density at radius 3 is 2.00 bits per heavy atom. The monoisotopic (exact) mass is 392 g/mol. The molecule has 7 rings (SSSR count). The minimum absolute atomic E-state index is 0.694. The number of halogens is 1. The zero-order valence-electron chi connectivity index (χ0n) is 15.2. The first-order chi connectivity index (χ1) is 14.3. The molecule has 136 valence electrons. The molecular formula is C26H13ClO2. The van der Waals surface area contributed by atoms with Crippen LogP contribution >= 0.6 is 11.6 Å². The van der Waals surface area contributed by atoms with E-state index in [9.17, 15) is 0 Å². The fourth-order valence-electron chi connectivity index (χ4n) is 4.68. The molecule has 0 aliphatic heterocycles. The lowest BCUT2D eigenvalue weighted by molar-refractivity contribution is 0.668. The van der Waals surface area contributed by atoms with Crippen LogP contribution in [0.25, 0.3) is 65.4 Å². The fraction of sp³-hybridized carbons (Fsp3) is 0. The van der Waals surface area contributed by atoms with Crippen LogP contribution in [-0.2, 0) is 0 Å². The molecule has 0 aliphatic carbocycles. The van der Waals surface area contributed by atoms with Crippen LogP contribution in [0.5, 0.6) is 0 Å². The van der Waals surface area contributed by atoms with Crippen molar-refractivity contribution in [3.63, 3.8) is 0 Å². The number of furan rings is 2. The summed E-state index contributed by atoms with van der Waals surface area (Å²) in [6.07, 6.45) is 0. The Balaban J connectivity index is 1.92. The van der Waals surface area contributed by atoms with Crippen LogP contribution in [0.1, 0.15) is 0 Å². The van der Waals surface area contributed by atoms with Gasteiger partial charge in [0.15, 0.2) is 0 Å². The Hall–Kier alpha value is -3.49. The van der Waals surface area contributed by atoms with Gasteiger partial charge in [0.2, 0.25) is 0 Å². The van der Waals surface area contributed by atoms with E-state index in [1.54, 1.807) is 0 Å². The number of benzene rings is 5. The standard InChI is InChI=1S/C26H13ClO2/c27-15-10-12-20-19(13-15)23-24-22-16-6-2-1-5-14(16)9-11-21(22)29-26(24)18-8-4-3-7-17(18)25(23)28-20/h1-13H. The summed E-state index contributed by atoms with van der Waals surface area (Å²) in [6, 6.07) is 26.7. The minimum Gasteiger partial charge on any atom is -0.455 e. The minimum atomic E-state index is 0.694. The normalized spacial score (nSPS) is 12.3. The first kappa shape index (κ1) is 15.4. The fourth-order valence-corrected chi connectivity index (χ4v) is 4.86. The van der Waals surface area contributed by atoms with E-state index >= 15 is 0 Å². The summed E-state index contributed by atoms with van der Waals surface area (Å²) in [5.41, 5.74) is 3.48. The van der Waals surface area contributed by atoms with Crippen molar-refractivity contribution in [2.45, 2.75) is 0 Å². The van der Waals surface area contributed by atoms with Gasteiger partial charge in [-0.2, -0.15) is 0 Å². The van der Waals surface area contributed by atoms with Crippen molar-refractivity contribution < 1.29 is 8.83 Å². The Labute approximate surface area is 169 Å². The van der Waals surface area contributed by atoms with Gasteiger partial charge in [-0.05, 0) is 35.0 Å². The summed E-state index contributed by atoms with van der Waals surface area (Å²) in [4.78, 5) is 0. The van der Waals surface area contributed by atoms with E-state index in [0.717, 1.165) is 54.6 Å². The van der Waals surface area contributed by atoms with E-state index in [1.807, 2.05) is 30.3 Å². The molecular weight excluding hydrogens is 380 g/mol. The molecule has 0 aliphatic rings. The highest BCUT2D eigenvalue weighted by molar-refractivity contribution is 6.38. The summed E-state index contributed by atoms with van der Waals surface area (Å²) in [5.74, 6) is 0. The summed E-state index contributed by atoms with van der Waals surface area (Å²) in [7, 11) is 0. The van der Waals surface area contributed by atoms with Gasteiger partial charge in [0.1, 0.15) is 22.3 Å². The molecule has 0 fully saturated rings. The van der Waals surface area contributed by atoms with Crippen LogP contribution in [0.15, 0.2) is 87.7 Å². The van der Waals surface area contributed by atoms with Crippen LogP contribution in [0.3, 0.4) is 0 Å². The average molecular weight is 393 g/mol. The molecule has 5 aromatic carbocycles. The van der Waals surface area contributed by atoms with E-state index in [4.69, 9.17) is 20.4 Å². The molecule has 0 bridgehead atoms. The van der Waals surface area contributed by atoms with Crippen LogP contribution in [0.2, 0.25) is 5.02 Å². The SMILES string of the molecule is Clc1ccc2oc3c4ccccc4c4oc5ccc6ccccc6c5c4c3c2c1. The number of hydrogen-bond donors (Lipinski definition) is 0. The predicted octanol–water partition coefficient (Wildman–Crippen LogP) is 8.45. The molecule has 0 amide bonds. The summed E-state index contributed by atoms with van der Waals surface area (Å²) in [5, 5.41) is 9.45. The average Bonchev–Trinajstić information content (AvgIpc) is 3.32. The molecule has 3 heteroatoms. The maximum absolute atomic E-state index is 6.46. The quantitative estimate of drug-likeness (QED) is 0.259. The van der Waals surface area contributed by atoms with E-state index in [1.165, 1.54) is 10.8 Å². The Morgan fingerprint density at radius 2 is 1.17 bits per heavy atom. The second-order valence-electron chi connectivity index (χ2n) is 7.46. The van der Waals surface area contributed by atoms with E-state index in [2.05, 4.69) is 48.5 Å². The number of rotatable bonds is 0. The smallest absolute Gasteiger partial charge is 0.144 e. The maximum Gasteiger partial charge on any atom is 0.144 e. The van der Waals surface area contributed by atoms with E-state index in [0.29, 0.717) is 5.02 Å². The Bertz CT molecular complexity index is 1770. The second-order valence-corrected chi connectivity index (χ2v) is 7.89. The van der Waals surface area contributed by atoms with E-state index in [-0.39, 0.29) is 0 Å². The molecule has 2 nitrogen and oxygen atoms in total. The van der Waals surface area contributed by atoms with Crippen molar-refractivity contribution >= 4 is 77.0 Å². The highest BCUT2D eigenvalue weighted by Gasteiger charge is 2.21. The molecule has 0 atom stereocenters. The van der Waals surface area contributed by atoms with Crippen LogP contribution < -0.4 is 0 Å². The van der Waals surface area contributed by atoms with Gasteiger partial charge in [-0.1, -0.05) is 66.2 Å². The highest BCUT2D eigenvalue weighted by Crippen LogP contribution is 2.46. The van der Waals surface area contributed by atoms with Crippen LogP contribution in [0.4, 0.5) is 0 Å². The number of hydrogen-bond acceptors (Lipinski definition) is 2. The van der Waals surface area contributed by atoms with Gasteiger partial charge < -0.3 is 8.83 Å². The Morgan fingerprint density at radius 1 is 0.517 bits per heavy atom. The molecule has 0 unspecified atom stereocenters. The van der Waals surface area contributed by atoms with Crippen LogP contribution in [0, 0.1) is 0 Å². The largest absolute Gasteiger partial charge is 0.455 e. The van der Waals surface area contributed by atoms with Crippen molar-refractivity contribution in [1.29, 1.82) is 0 Å². The zero-order chi connectivity index (χ0) is 19.1. The van der Waals surface area contributed by atoms with Gasteiger partial charge in [-0.3, -0.25) is 0 Å². The summed E-state index contributed by atoms with van der Waals surface area (Å²) in [6.45, 7) is 0. The topological polar surface area (TPSA) is 26.3 Å². The van der Waals surface area contributed by atoms with Crippen molar-refractivity contribution in [2.24, 2.45) is 0 Å². The first-order valence-corrected chi connectivity index (χ1v) is 9.94. The van der Waals surface area contributed by atoms with Crippen molar-refractivity contribution in [3.8, 4) is 0 Å². The molecule has 0 spiro atoms. The Kier molecular flexibility index (Phi) is 2.83. The highest BCUT2D eigenvalue weighted by atomic mass is 35.5. The second kappa shape index (κ2) is 5.31. The lowest BCUT2D eigenvalue weighted by Gasteiger charge is -2.02. The molecule has 29 heavy (non-hydrogen) atoms. The molecule has 0 saturated carbocycles. The lowest BCUT2D eigenvalue weighted by atomic mass is 9.97. The van der Waals surface area contributed by atoms with Crippen molar-refractivity contribution in [2.75, 3.05) is 0 Å². The molecule has 0 N–H and O–H groups in total. The molecule has 0 saturated heterocycles. The third kappa shape index (κ3) is 1.92. The third-order valence-corrected chi connectivity index (χ3v) is 6.13. The first-order valence-electron chi connectivity index (χ1n) is 9.56. The van der Waals surface area contributed by atoms with Gasteiger partial charge in [0.25, 0.3) is 0 Å². The zero-order valence-corrected chi connectivity index (χ0v) is 16.0. The molecule has 0 radical (unpaired) electrons. The van der Waals surface area contributed by atoms with Gasteiger partial charge in [-0.25, -0.2) is 0 Å². The van der Waals surface area contributed by atoms with Crippen molar-refractivity contribution in [3.05, 3.63) is 83.9 Å². The van der Waals surface area contributed by atoms with Gasteiger partial charge in [-0.15, -0.1) is 0 Å². The summed E-state index contributed by atoms with van der Waals surface area (Å²) >= 11 is 6.37. The van der Waals surface area contributed by atoms with Crippen LogP contribution in [-0.4, -0.2) is 0 Å². The number of fused-ring (bicyclic) bond motifs is 12. The molecule has 2 heterocycles. The van der Waals surface area contributed by atoms with Gasteiger partial charge in [0, 0.05) is 37.3 Å². The van der Waals surface area contributed by atoms with Gasteiger partial charge in [0.05, 0.1) is 0 Å². The summed E-state index contributed by atoms with van der Waals surface area (Å²) < 4.78 is 12.8. The predicted molar refractivity (Wildman–Crippen MR) is 121 cm³/mol. The van der Waals surface area contributed by atoms with Gasteiger partial charge >= 0.3 is 0 Å².